The molecule has 1 amide bonds. The number of nitrogens with zero attached hydrogens (tertiary/aromatic N) is 1. The van der Waals surface area contributed by atoms with Crippen LogP contribution >= 0.6 is 0 Å². The van der Waals surface area contributed by atoms with Crippen molar-refractivity contribution in [1.29, 1.82) is 0 Å². The molecule has 0 bridgehead atoms. The maximum Gasteiger partial charge on any atom is 0.410 e. The number of hydrogen-bond donors (Lipinski definition) is 3. The zero-order valence-electron chi connectivity index (χ0n) is 22.2. The minimum atomic E-state index is -0.897. The van der Waals surface area contributed by atoms with Crippen LogP contribution in [0.2, 0.25) is 0 Å². The average molecular weight is 515 g/mol. The molecule has 8 atom stereocenters. The second-order valence-corrected chi connectivity index (χ2v) is 13.0. The maximum absolute atomic E-state index is 12.7. The molecule has 4 saturated carbocycles. The lowest BCUT2D eigenvalue weighted by molar-refractivity contribution is -0.253. The lowest BCUT2D eigenvalue weighted by atomic mass is 9.42. The van der Waals surface area contributed by atoms with Gasteiger partial charge < -0.3 is 29.6 Å². The fourth-order valence-electron chi connectivity index (χ4n) is 9.45. The van der Waals surface area contributed by atoms with Gasteiger partial charge in [0.05, 0.1) is 17.5 Å². The zero-order valence-corrected chi connectivity index (χ0v) is 22.2. The van der Waals surface area contributed by atoms with Crippen molar-refractivity contribution >= 4 is 6.09 Å². The standard InChI is InChI=1S/C29H42N2O6/c1-26-9-5-20(37-25(33)31-15-13-30-14-16-31)17-28(26,34)11-7-23-22(26)6-10-27(2)21(8-12-29(23,27)35)19-3-4-24(32)36-18-19/h3-4,18,20-23,30,34-35H,5-17H2,1-2H3/t20-,21+,22-,23+,26+,27+,28-,29-/m0/s1. The highest BCUT2D eigenvalue weighted by atomic mass is 16.6. The van der Waals surface area contributed by atoms with E-state index in [-0.39, 0.29) is 46.4 Å². The molecular formula is C29H42N2O6. The number of hydrogen-bond acceptors (Lipinski definition) is 7. The Morgan fingerprint density at radius 3 is 2.46 bits per heavy atom. The molecule has 204 valence electrons. The SMILES string of the molecule is C[C@]12CC[C@H](OC(=O)N3CCNCC3)C[C@@]1(O)CC[C@@H]1[C@@H]2CC[C@]2(C)[C@@H](c3ccc(=O)oc3)CC[C@]12O. The van der Waals surface area contributed by atoms with Crippen LogP contribution in [-0.4, -0.2) is 64.7 Å². The number of aliphatic hydroxyl groups is 2. The van der Waals surface area contributed by atoms with E-state index < -0.39 is 11.2 Å². The molecule has 1 aliphatic heterocycles. The van der Waals surface area contributed by atoms with Crippen LogP contribution in [0.4, 0.5) is 4.79 Å². The van der Waals surface area contributed by atoms with Gasteiger partial charge in [-0.15, -0.1) is 0 Å². The van der Waals surface area contributed by atoms with Crippen LogP contribution in [0, 0.1) is 22.7 Å². The Balaban J connectivity index is 1.20. The molecule has 0 unspecified atom stereocenters. The molecule has 8 nitrogen and oxygen atoms in total. The summed E-state index contributed by atoms with van der Waals surface area (Å²) >= 11 is 0. The summed E-state index contributed by atoms with van der Waals surface area (Å²) < 4.78 is 11.1. The van der Waals surface area contributed by atoms with Crippen molar-refractivity contribution in [1.82, 2.24) is 10.2 Å². The summed E-state index contributed by atoms with van der Waals surface area (Å²) in [5.74, 6) is 0.496. The van der Waals surface area contributed by atoms with Gasteiger partial charge in [-0.1, -0.05) is 13.8 Å². The summed E-state index contributed by atoms with van der Waals surface area (Å²) in [7, 11) is 0. The molecule has 0 spiro atoms. The first-order valence-electron chi connectivity index (χ1n) is 14.3. The summed E-state index contributed by atoms with van der Waals surface area (Å²) in [6.45, 7) is 7.33. The van der Waals surface area contributed by atoms with Crippen molar-refractivity contribution in [3.63, 3.8) is 0 Å². The number of nitrogens with one attached hydrogen (secondary N) is 1. The van der Waals surface area contributed by atoms with E-state index in [1.165, 1.54) is 6.07 Å². The molecular weight excluding hydrogens is 472 g/mol. The van der Waals surface area contributed by atoms with Gasteiger partial charge in [-0.05, 0) is 86.2 Å². The molecule has 2 heterocycles. The van der Waals surface area contributed by atoms with Crippen molar-refractivity contribution in [2.45, 2.75) is 94.9 Å². The second-order valence-electron chi connectivity index (χ2n) is 13.0. The zero-order chi connectivity index (χ0) is 26.1. The highest BCUT2D eigenvalue weighted by Gasteiger charge is 2.70. The third-order valence-corrected chi connectivity index (χ3v) is 11.7. The predicted molar refractivity (Wildman–Crippen MR) is 137 cm³/mol. The molecule has 1 aromatic rings. The molecule has 0 radical (unpaired) electrons. The Morgan fingerprint density at radius 2 is 1.73 bits per heavy atom. The number of rotatable bonds is 2. The topological polar surface area (TPSA) is 112 Å². The number of carbonyl (C=O) groups excluding carboxylic acids is 1. The van der Waals surface area contributed by atoms with Gasteiger partial charge in [-0.2, -0.15) is 0 Å². The van der Waals surface area contributed by atoms with Gasteiger partial charge in [0, 0.05) is 44.1 Å². The van der Waals surface area contributed by atoms with Crippen LogP contribution in [0.5, 0.6) is 0 Å². The molecule has 6 rings (SSSR count). The Kier molecular flexibility index (Phi) is 6.05. The smallest absolute Gasteiger partial charge is 0.410 e. The first-order chi connectivity index (χ1) is 17.6. The van der Waals surface area contributed by atoms with Crippen LogP contribution in [0.15, 0.2) is 27.6 Å². The molecule has 0 aromatic carbocycles. The summed E-state index contributed by atoms with van der Waals surface area (Å²) in [5.41, 5.74) is -1.67. The largest absolute Gasteiger partial charge is 0.446 e. The molecule has 8 heteroatoms. The fourth-order valence-corrected chi connectivity index (χ4v) is 9.45. The minimum absolute atomic E-state index is 0.122. The van der Waals surface area contributed by atoms with E-state index in [2.05, 4.69) is 19.2 Å². The van der Waals surface area contributed by atoms with Gasteiger partial charge in [0.1, 0.15) is 6.10 Å². The van der Waals surface area contributed by atoms with E-state index in [4.69, 9.17) is 9.15 Å². The Hall–Kier alpha value is -1.90. The number of piperazine rings is 1. The quantitative estimate of drug-likeness (QED) is 0.555. The summed E-state index contributed by atoms with van der Waals surface area (Å²) in [6, 6.07) is 3.35. The van der Waals surface area contributed by atoms with E-state index in [1.54, 1.807) is 11.2 Å². The monoisotopic (exact) mass is 514 g/mol. The van der Waals surface area contributed by atoms with E-state index in [0.29, 0.717) is 25.9 Å². The number of ether oxygens (including phenoxy) is 1. The number of carbonyl (C=O) groups is 1. The van der Waals surface area contributed by atoms with E-state index in [9.17, 15) is 19.8 Å². The van der Waals surface area contributed by atoms with Gasteiger partial charge in [0.2, 0.25) is 0 Å². The molecule has 3 N–H and O–H groups in total. The summed E-state index contributed by atoms with van der Waals surface area (Å²) in [4.78, 5) is 26.0. The van der Waals surface area contributed by atoms with Crippen LogP contribution in [0.25, 0.3) is 0 Å². The Morgan fingerprint density at radius 1 is 1.00 bits per heavy atom. The minimum Gasteiger partial charge on any atom is -0.446 e. The average Bonchev–Trinajstić information content (AvgIpc) is 3.17. The predicted octanol–water partition coefficient (Wildman–Crippen LogP) is 3.41. The molecule has 5 aliphatic rings. The van der Waals surface area contributed by atoms with Crippen molar-refractivity contribution in [2.75, 3.05) is 26.2 Å². The highest BCUT2D eigenvalue weighted by molar-refractivity contribution is 5.68. The summed E-state index contributed by atoms with van der Waals surface area (Å²) in [5, 5.41) is 27.7. The number of amides is 1. The van der Waals surface area contributed by atoms with Crippen molar-refractivity contribution in [2.24, 2.45) is 22.7 Å². The molecule has 1 aromatic heterocycles. The Labute approximate surface area is 218 Å². The molecule has 37 heavy (non-hydrogen) atoms. The van der Waals surface area contributed by atoms with Crippen LogP contribution in [0.1, 0.15) is 83.1 Å². The van der Waals surface area contributed by atoms with Crippen molar-refractivity contribution < 1.29 is 24.2 Å². The van der Waals surface area contributed by atoms with Crippen LogP contribution in [-0.2, 0) is 4.74 Å². The van der Waals surface area contributed by atoms with Gasteiger partial charge in [-0.3, -0.25) is 0 Å². The first kappa shape index (κ1) is 25.4. The summed E-state index contributed by atoms with van der Waals surface area (Å²) in [6.07, 6.45) is 7.91. The van der Waals surface area contributed by atoms with Crippen molar-refractivity contribution in [3.05, 3.63) is 34.4 Å². The third kappa shape index (κ3) is 3.73. The second kappa shape index (κ2) is 8.82. The molecule has 1 saturated heterocycles. The normalized spacial score (nSPS) is 45.5. The lowest BCUT2D eigenvalue weighted by Crippen LogP contribution is -2.67. The fraction of sp³-hybridized carbons (Fsp3) is 0.793. The van der Waals surface area contributed by atoms with Gasteiger partial charge in [0.25, 0.3) is 0 Å². The van der Waals surface area contributed by atoms with Gasteiger partial charge >= 0.3 is 11.7 Å². The molecule has 4 aliphatic carbocycles. The van der Waals surface area contributed by atoms with Crippen LogP contribution < -0.4 is 10.9 Å². The van der Waals surface area contributed by atoms with Gasteiger partial charge in [-0.25, -0.2) is 9.59 Å². The highest BCUT2D eigenvalue weighted by Crippen LogP contribution is 2.71. The lowest BCUT2D eigenvalue weighted by Gasteiger charge is -2.66. The van der Waals surface area contributed by atoms with E-state index in [0.717, 1.165) is 63.6 Å². The molecule has 5 fully saturated rings. The van der Waals surface area contributed by atoms with Crippen LogP contribution in [0.3, 0.4) is 0 Å². The maximum atomic E-state index is 12.7. The van der Waals surface area contributed by atoms with E-state index >= 15 is 0 Å². The van der Waals surface area contributed by atoms with Gasteiger partial charge in [0.15, 0.2) is 0 Å². The first-order valence-corrected chi connectivity index (χ1v) is 14.3. The number of fused-ring (bicyclic) bond motifs is 5. The Bertz CT molecular complexity index is 1080. The third-order valence-electron chi connectivity index (χ3n) is 11.7. The van der Waals surface area contributed by atoms with Crippen molar-refractivity contribution in [3.8, 4) is 0 Å². The van der Waals surface area contributed by atoms with E-state index in [1.807, 2.05) is 6.07 Å².